The minimum atomic E-state index is -0.348. The monoisotopic (exact) mass is 364 g/mol. The van der Waals surface area contributed by atoms with Crippen molar-refractivity contribution in [1.82, 2.24) is 10.4 Å². The fourth-order valence-corrected chi connectivity index (χ4v) is 4.52. The second-order valence-corrected chi connectivity index (χ2v) is 7.76. The molecule has 1 unspecified atom stereocenters. The van der Waals surface area contributed by atoms with Gasteiger partial charge in [-0.2, -0.15) is 5.01 Å². The number of para-hydroxylation sites is 1. The van der Waals surface area contributed by atoms with Crippen LogP contribution in [0.15, 0.2) is 54.6 Å². The summed E-state index contributed by atoms with van der Waals surface area (Å²) in [5, 5.41) is 2.34. The molecule has 0 aromatic heterocycles. The van der Waals surface area contributed by atoms with Crippen molar-refractivity contribution in [2.45, 2.75) is 24.6 Å². The van der Waals surface area contributed by atoms with Crippen LogP contribution in [0.1, 0.15) is 30.0 Å². The van der Waals surface area contributed by atoms with Gasteiger partial charge in [0.15, 0.2) is 17.2 Å². The average Bonchev–Trinajstić information content (AvgIpc) is 3.17. The van der Waals surface area contributed by atoms with Gasteiger partial charge < -0.3 is 19.8 Å². The molecule has 1 atom stereocenters. The first-order valence-electron chi connectivity index (χ1n) is 9.71. The molecular weight excluding hydrogens is 338 g/mol. The molecule has 1 saturated heterocycles. The maximum Gasteiger partial charge on any atom is 0.191 e. The first-order chi connectivity index (χ1) is 13.2. The average molecular weight is 364 g/mol. The van der Waals surface area contributed by atoms with Gasteiger partial charge in [-0.1, -0.05) is 42.5 Å². The third-order valence-corrected chi connectivity index (χ3v) is 6.09. The second kappa shape index (κ2) is 6.29. The van der Waals surface area contributed by atoms with E-state index >= 15 is 0 Å². The van der Waals surface area contributed by atoms with Crippen molar-refractivity contribution >= 4 is 5.70 Å². The minimum Gasteiger partial charge on any atom is -0.493 e. The van der Waals surface area contributed by atoms with Crippen LogP contribution in [0.4, 0.5) is 0 Å². The number of fused-ring (bicyclic) bond motifs is 4. The van der Waals surface area contributed by atoms with E-state index in [9.17, 15) is 0 Å². The summed E-state index contributed by atoms with van der Waals surface area (Å²) in [4.78, 5) is 1.56. The van der Waals surface area contributed by atoms with Crippen molar-refractivity contribution in [3.8, 4) is 11.5 Å². The lowest BCUT2D eigenvalue weighted by atomic mass is 9.92. The predicted molar refractivity (Wildman–Crippen MR) is 104 cm³/mol. The number of piperidine rings is 1. The zero-order valence-corrected chi connectivity index (χ0v) is 15.9. The summed E-state index contributed by atoms with van der Waals surface area (Å²) in [6.07, 6.45) is 4.29. The second-order valence-electron chi connectivity index (χ2n) is 7.76. The zero-order valence-electron chi connectivity index (χ0n) is 15.9. The van der Waals surface area contributed by atoms with E-state index in [1.165, 1.54) is 5.56 Å². The molecule has 27 heavy (non-hydrogen) atoms. The molecule has 3 heterocycles. The first-order valence-corrected chi connectivity index (χ1v) is 9.71. The van der Waals surface area contributed by atoms with Gasteiger partial charge in [0.1, 0.15) is 0 Å². The Morgan fingerprint density at radius 3 is 2.63 bits per heavy atom. The molecule has 0 aliphatic carbocycles. The number of hydrogen-bond donors (Lipinski definition) is 2. The van der Waals surface area contributed by atoms with Gasteiger partial charge in [0.25, 0.3) is 0 Å². The van der Waals surface area contributed by atoms with Gasteiger partial charge in [-0.05, 0) is 17.7 Å². The van der Waals surface area contributed by atoms with Gasteiger partial charge in [-0.3, -0.25) is 0 Å². The number of benzene rings is 2. The molecular formula is C22H26N3O2+. The Morgan fingerprint density at radius 1 is 1.11 bits per heavy atom. The van der Waals surface area contributed by atoms with Crippen LogP contribution in [-0.4, -0.2) is 38.0 Å². The van der Waals surface area contributed by atoms with E-state index < -0.39 is 0 Å². The van der Waals surface area contributed by atoms with Crippen molar-refractivity contribution in [2.75, 3.05) is 27.2 Å². The van der Waals surface area contributed by atoms with Gasteiger partial charge in [-0.15, -0.1) is 0 Å². The quantitative estimate of drug-likeness (QED) is 0.855. The van der Waals surface area contributed by atoms with E-state index in [0.29, 0.717) is 0 Å². The highest BCUT2D eigenvalue weighted by Crippen LogP contribution is 2.50. The minimum absolute atomic E-state index is 0.137. The number of likely N-dealkylation sites (tertiary alicyclic amines) is 1. The standard InChI is InChI=1S/C22H25N3O2/c1-24-13-11-22(12-14-24)25-19(15-18(23-25)16-7-4-3-5-8-16)17-9-6-10-20(26-2)21(17)27-22/h3-10,15,19,23H,11-14H2,1-2H3/p+1. The van der Waals surface area contributed by atoms with E-state index in [4.69, 9.17) is 9.47 Å². The van der Waals surface area contributed by atoms with E-state index in [0.717, 1.165) is 48.7 Å². The van der Waals surface area contributed by atoms with Gasteiger partial charge in [0.05, 0.1) is 51.8 Å². The molecule has 0 saturated carbocycles. The number of ether oxygens (including phenoxy) is 2. The van der Waals surface area contributed by atoms with Gasteiger partial charge in [0.2, 0.25) is 0 Å². The maximum atomic E-state index is 6.72. The summed E-state index contributed by atoms with van der Waals surface area (Å²) in [6, 6.07) is 16.8. The highest BCUT2D eigenvalue weighted by atomic mass is 16.5. The molecule has 0 radical (unpaired) electrons. The molecule has 3 aliphatic heterocycles. The summed E-state index contributed by atoms with van der Waals surface area (Å²) >= 11 is 0. The lowest BCUT2D eigenvalue weighted by Crippen LogP contribution is -3.11. The van der Waals surface area contributed by atoms with E-state index in [-0.39, 0.29) is 11.8 Å². The highest BCUT2D eigenvalue weighted by molar-refractivity contribution is 5.68. The number of rotatable bonds is 2. The van der Waals surface area contributed by atoms with Crippen molar-refractivity contribution in [3.63, 3.8) is 0 Å². The molecule has 5 heteroatoms. The molecule has 5 rings (SSSR count). The molecule has 2 aromatic rings. The van der Waals surface area contributed by atoms with Crippen LogP contribution in [0, 0.1) is 0 Å². The number of nitrogens with one attached hydrogen (secondary N) is 2. The molecule has 1 spiro atoms. The van der Waals surface area contributed by atoms with Crippen LogP contribution in [0.25, 0.3) is 5.70 Å². The van der Waals surface area contributed by atoms with Gasteiger partial charge in [0, 0.05) is 5.56 Å². The summed E-state index contributed by atoms with van der Waals surface area (Å²) in [7, 11) is 3.97. The topological polar surface area (TPSA) is 38.2 Å². The van der Waals surface area contributed by atoms with E-state index in [2.05, 4.69) is 60.0 Å². The molecule has 2 N–H and O–H groups in total. The number of quaternary nitrogens is 1. The van der Waals surface area contributed by atoms with Crippen LogP contribution in [0.5, 0.6) is 11.5 Å². The molecule has 3 aliphatic rings. The van der Waals surface area contributed by atoms with E-state index in [1.54, 1.807) is 12.0 Å². The summed E-state index contributed by atoms with van der Waals surface area (Å²) in [5.74, 6) is 1.72. The number of hydrogen-bond acceptors (Lipinski definition) is 4. The highest BCUT2D eigenvalue weighted by Gasteiger charge is 2.53. The lowest BCUT2D eigenvalue weighted by Gasteiger charge is -2.50. The lowest BCUT2D eigenvalue weighted by molar-refractivity contribution is -0.888. The summed E-state index contributed by atoms with van der Waals surface area (Å²) in [5.41, 5.74) is 6.83. The van der Waals surface area contributed by atoms with Crippen molar-refractivity contribution < 1.29 is 14.4 Å². The summed E-state index contributed by atoms with van der Waals surface area (Å²) in [6.45, 7) is 2.19. The third-order valence-electron chi connectivity index (χ3n) is 6.09. The van der Waals surface area contributed by atoms with Crippen molar-refractivity contribution in [3.05, 3.63) is 65.7 Å². The smallest absolute Gasteiger partial charge is 0.191 e. The Morgan fingerprint density at radius 2 is 1.89 bits per heavy atom. The van der Waals surface area contributed by atoms with Crippen LogP contribution < -0.4 is 19.8 Å². The molecule has 140 valence electrons. The number of hydrazine groups is 1. The van der Waals surface area contributed by atoms with Crippen LogP contribution in [-0.2, 0) is 0 Å². The van der Waals surface area contributed by atoms with E-state index in [1.807, 2.05) is 12.1 Å². The fourth-order valence-electron chi connectivity index (χ4n) is 4.52. The molecule has 2 aromatic carbocycles. The molecule has 5 nitrogen and oxygen atoms in total. The van der Waals surface area contributed by atoms with Crippen LogP contribution in [0.2, 0.25) is 0 Å². The van der Waals surface area contributed by atoms with Crippen LogP contribution in [0.3, 0.4) is 0 Å². The SMILES string of the molecule is COc1cccc2c1OC1(CC[NH+](C)CC1)N1NC(c3ccccc3)=CC21. The van der Waals surface area contributed by atoms with Gasteiger partial charge >= 0.3 is 0 Å². The Bertz CT molecular complexity index is 872. The predicted octanol–water partition coefficient (Wildman–Crippen LogP) is 1.99. The fraction of sp³-hybridized carbons (Fsp3) is 0.364. The van der Waals surface area contributed by atoms with Crippen LogP contribution >= 0.6 is 0 Å². The van der Waals surface area contributed by atoms with Gasteiger partial charge in [-0.25, -0.2) is 0 Å². The Hall–Kier alpha value is -2.50. The van der Waals surface area contributed by atoms with Crippen molar-refractivity contribution in [2.24, 2.45) is 0 Å². The Labute approximate surface area is 160 Å². The largest absolute Gasteiger partial charge is 0.493 e. The third kappa shape index (κ3) is 2.61. The Balaban J connectivity index is 1.61. The molecule has 0 bridgehead atoms. The number of methoxy groups -OCH3 is 1. The molecule has 0 amide bonds. The molecule has 1 fully saturated rings. The first kappa shape index (κ1) is 16.7. The zero-order chi connectivity index (χ0) is 18.4. The normalized spacial score (nSPS) is 29.3. The van der Waals surface area contributed by atoms with Crippen molar-refractivity contribution in [1.29, 1.82) is 0 Å². The summed E-state index contributed by atoms with van der Waals surface area (Å²) < 4.78 is 12.4. The maximum absolute atomic E-state index is 6.72. The number of nitrogens with zero attached hydrogens (tertiary/aromatic N) is 1. The Kier molecular flexibility index (Phi) is 3.88.